The van der Waals surface area contributed by atoms with Gasteiger partial charge >= 0.3 is 0 Å². The molecular weight excluding hydrogens is 150 g/mol. The smallest absolute Gasteiger partial charge is 0.245 e. The lowest BCUT2D eigenvalue weighted by molar-refractivity contribution is -0.753. The Bertz CT molecular complexity index is 278. The van der Waals surface area contributed by atoms with Crippen molar-refractivity contribution in [2.24, 2.45) is 0 Å². The highest BCUT2D eigenvalue weighted by atomic mass is 15.3. The summed E-state index contributed by atoms with van der Waals surface area (Å²) in [5.74, 6) is 0. The van der Waals surface area contributed by atoms with E-state index in [4.69, 9.17) is 0 Å². The standard InChI is InChI=1S/C9H16N3/c1-9(2,3)12-5-4-11(7-12)8-6-10-8/h4-5,7-8,10H,6H2,1-3H3/q+1. The molecule has 1 aliphatic rings. The molecule has 1 aromatic rings. The van der Waals surface area contributed by atoms with Crippen molar-refractivity contribution in [3.05, 3.63) is 18.7 Å². The number of hydrogen-bond acceptors (Lipinski definition) is 1. The van der Waals surface area contributed by atoms with E-state index in [1.54, 1.807) is 0 Å². The van der Waals surface area contributed by atoms with Crippen molar-refractivity contribution >= 4 is 0 Å². The average Bonchev–Trinajstić information content (AvgIpc) is 2.66. The van der Waals surface area contributed by atoms with Gasteiger partial charge in [-0.05, 0) is 20.8 Å². The van der Waals surface area contributed by atoms with Gasteiger partial charge in [0.15, 0.2) is 6.17 Å². The Labute approximate surface area is 73.0 Å². The molecule has 3 heteroatoms. The molecule has 1 N–H and O–H groups in total. The summed E-state index contributed by atoms with van der Waals surface area (Å²) in [6.07, 6.45) is 6.95. The minimum absolute atomic E-state index is 0.195. The molecule has 1 saturated heterocycles. The Hall–Kier alpha value is -0.830. The molecule has 0 aliphatic carbocycles. The van der Waals surface area contributed by atoms with E-state index in [2.05, 4.69) is 53.9 Å². The van der Waals surface area contributed by atoms with Crippen molar-refractivity contribution in [1.82, 2.24) is 9.88 Å². The third-order valence-corrected chi connectivity index (χ3v) is 2.18. The summed E-state index contributed by atoms with van der Waals surface area (Å²) >= 11 is 0. The summed E-state index contributed by atoms with van der Waals surface area (Å²) in [6, 6.07) is 0. The van der Waals surface area contributed by atoms with Crippen LogP contribution in [0.1, 0.15) is 26.9 Å². The summed E-state index contributed by atoms with van der Waals surface area (Å²) in [5, 5.41) is 3.27. The van der Waals surface area contributed by atoms with Crippen LogP contribution >= 0.6 is 0 Å². The molecule has 1 unspecified atom stereocenters. The van der Waals surface area contributed by atoms with E-state index in [9.17, 15) is 0 Å². The maximum atomic E-state index is 3.27. The third-order valence-electron chi connectivity index (χ3n) is 2.18. The number of aromatic nitrogens is 2. The minimum atomic E-state index is 0.195. The van der Waals surface area contributed by atoms with Crippen LogP contribution in [0.15, 0.2) is 18.7 Å². The fourth-order valence-electron chi connectivity index (χ4n) is 1.21. The van der Waals surface area contributed by atoms with Crippen molar-refractivity contribution in [3.8, 4) is 0 Å². The predicted molar refractivity (Wildman–Crippen MR) is 46.7 cm³/mol. The molecule has 0 amide bonds. The molecule has 2 heterocycles. The lowest BCUT2D eigenvalue weighted by Gasteiger charge is -2.13. The zero-order valence-corrected chi connectivity index (χ0v) is 7.91. The van der Waals surface area contributed by atoms with Crippen molar-refractivity contribution in [2.45, 2.75) is 32.5 Å². The van der Waals surface area contributed by atoms with Crippen LogP contribution in [0.25, 0.3) is 0 Å². The Morgan fingerprint density at radius 3 is 2.58 bits per heavy atom. The van der Waals surface area contributed by atoms with Crippen molar-refractivity contribution in [2.75, 3.05) is 6.54 Å². The van der Waals surface area contributed by atoms with E-state index < -0.39 is 0 Å². The zero-order chi connectivity index (χ0) is 8.77. The van der Waals surface area contributed by atoms with Crippen LogP contribution in [0.2, 0.25) is 0 Å². The first-order chi connectivity index (χ1) is 5.57. The van der Waals surface area contributed by atoms with Gasteiger partial charge in [0, 0.05) is 0 Å². The fraction of sp³-hybridized carbons (Fsp3) is 0.667. The molecule has 1 atom stereocenters. The van der Waals surface area contributed by atoms with E-state index in [-0.39, 0.29) is 5.54 Å². The normalized spacial score (nSPS) is 22.8. The van der Waals surface area contributed by atoms with Gasteiger partial charge in [-0.15, -0.1) is 0 Å². The highest BCUT2D eigenvalue weighted by molar-refractivity contribution is 4.84. The molecular formula is C9H16N3+. The van der Waals surface area contributed by atoms with Crippen LogP contribution in [0, 0.1) is 0 Å². The second kappa shape index (κ2) is 2.33. The molecule has 66 valence electrons. The van der Waals surface area contributed by atoms with Crippen LogP contribution in [-0.4, -0.2) is 11.1 Å². The summed E-state index contributed by atoms with van der Waals surface area (Å²) < 4.78 is 4.44. The number of rotatable bonds is 1. The molecule has 12 heavy (non-hydrogen) atoms. The fourth-order valence-corrected chi connectivity index (χ4v) is 1.21. The van der Waals surface area contributed by atoms with Crippen molar-refractivity contribution < 1.29 is 4.57 Å². The highest BCUT2D eigenvalue weighted by Gasteiger charge is 2.29. The Balaban J connectivity index is 2.23. The number of hydrogen-bond donors (Lipinski definition) is 1. The molecule has 3 nitrogen and oxygen atoms in total. The van der Waals surface area contributed by atoms with Crippen molar-refractivity contribution in [1.29, 1.82) is 0 Å². The molecule has 0 saturated carbocycles. The topological polar surface area (TPSA) is 30.8 Å². The first-order valence-corrected chi connectivity index (χ1v) is 4.40. The monoisotopic (exact) mass is 166 g/mol. The maximum Gasteiger partial charge on any atom is 0.245 e. The number of imidazole rings is 1. The van der Waals surface area contributed by atoms with Crippen LogP contribution in [0.3, 0.4) is 0 Å². The van der Waals surface area contributed by atoms with Crippen LogP contribution in [0.4, 0.5) is 0 Å². The van der Waals surface area contributed by atoms with Crippen LogP contribution < -0.4 is 9.88 Å². The third kappa shape index (κ3) is 1.37. The largest absolute Gasteiger partial charge is 0.272 e. The van der Waals surface area contributed by atoms with Gasteiger partial charge < -0.3 is 0 Å². The van der Waals surface area contributed by atoms with Crippen LogP contribution in [-0.2, 0) is 5.54 Å². The maximum absolute atomic E-state index is 3.27. The van der Waals surface area contributed by atoms with Gasteiger partial charge in [-0.25, -0.2) is 9.13 Å². The first-order valence-electron chi connectivity index (χ1n) is 4.40. The zero-order valence-electron chi connectivity index (χ0n) is 7.91. The van der Waals surface area contributed by atoms with Gasteiger partial charge in [0.2, 0.25) is 6.33 Å². The summed E-state index contributed by atoms with van der Waals surface area (Å²) in [7, 11) is 0. The molecule has 2 rings (SSSR count). The molecule has 1 aliphatic heterocycles. The molecule has 1 aromatic heterocycles. The minimum Gasteiger partial charge on any atom is -0.272 e. The van der Waals surface area contributed by atoms with E-state index >= 15 is 0 Å². The second-order valence-electron chi connectivity index (χ2n) is 4.36. The lowest BCUT2D eigenvalue weighted by atomic mass is 10.1. The summed E-state index contributed by atoms with van der Waals surface area (Å²) in [6.45, 7) is 7.73. The SMILES string of the molecule is CC(C)(C)[n+]1ccn(C2CN2)c1. The van der Waals surface area contributed by atoms with Crippen LogP contribution in [0.5, 0.6) is 0 Å². The van der Waals surface area contributed by atoms with Gasteiger partial charge in [0.1, 0.15) is 17.9 Å². The predicted octanol–water partition coefficient (Wildman–Crippen LogP) is 0.632. The van der Waals surface area contributed by atoms with E-state index in [1.165, 1.54) is 0 Å². The lowest BCUT2D eigenvalue weighted by Crippen LogP contribution is -2.48. The van der Waals surface area contributed by atoms with E-state index in [0.717, 1.165) is 6.54 Å². The van der Waals surface area contributed by atoms with Gasteiger partial charge in [-0.3, -0.25) is 5.32 Å². The number of nitrogens with one attached hydrogen (secondary N) is 1. The van der Waals surface area contributed by atoms with Crippen molar-refractivity contribution in [3.63, 3.8) is 0 Å². The summed E-state index contributed by atoms with van der Waals surface area (Å²) in [4.78, 5) is 0. The molecule has 0 radical (unpaired) electrons. The Morgan fingerprint density at radius 2 is 2.17 bits per heavy atom. The summed E-state index contributed by atoms with van der Waals surface area (Å²) in [5.41, 5.74) is 0.195. The second-order valence-corrected chi connectivity index (χ2v) is 4.36. The van der Waals surface area contributed by atoms with Gasteiger partial charge in [-0.1, -0.05) is 0 Å². The average molecular weight is 166 g/mol. The molecule has 0 aromatic carbocycles. The first kappa shape index (κ1) is 7.80. The molecule has 1 fully saturated rings. The van der Waals surface area contributed by atoms with Gasteiger partial charge in [0.25, 0.3) is 0 Å². The molecule has 0 spiro atoms. The van der Waals surface area contributed by atoms with E-state index in [1.807, 2.05) is 0 Å². The van der Waals surface area contributed by atoms with Gasteiger partial charge in [-0.2, -0.15) is 0 Å². The molecule has 0 bridgehead atoms. The quantitative estimate of drug-likeness (QED) is 0.481. The Kier molecular flexibility index (Phi) is 1.51. The number of nitrogens with zero attached hydrogens (tertiary/aromatic N) is 2. The van der Waals surface area contributed by atoms with Gasteiger partial charge in [0.05, 0.1) is 6.54 Å². The van der Waals surface area contributed by atoms with E-state index in [0.29, 0.717) is 6.17 Å². The Morgan fingerprint density at radius 1 is 1.50 bits per heavy atom. The highest BCUT2D eigenvalue weighted by Crippen LogP contribution is 2.12.